The van der Waals surface area contributed by atoms with E-state index in [2.05, 4.69) is 0 Å². The lowest BCUT2D eigenvalue weighted by Crippen LogP contribution is -2.02. The zero-order chi connectivity index (χ0) is 18.0. The third-order valence-corrected chi connectivity index (χ3v) is 4.00. The van der Waals surface area contributed by atoms with Gasteiger partial charge in [-0.25, -0.2) is 0 Å². The van der Waals surface area contributed by atoms with E-state index in [1.807, 2.05) is 0 Å². The van der Waals surface area contributed by atoms with Gasteiger partial charge in [-0.2, -0.15) is 0 Å². The number of rotatable bonds is 5. The lowest BCUT2D eigenvalue weighted by Gasteiger charge is -2.09. The van der Waals surface area contributed by atoms with Crippen LogP contribution in [-0.2, 0) is 0 Å². The lowest BCUT2D eigenvalue weighted by atomic mass is 10.1. The summed E-state index contributed by atoms with van der Waals surface area (Å²) in [5.41, 5.74) is 7.16. The van der Waals surface area contributed by atoms with Crippen LogP contribution in [0.1, 0.15) is 15.9 Å². The van der Waals surface area contributed by atoms with E-state index in [0.717, 1.165) is 0 Å². The Bertz CT molecular complexity index is 863. The number of fused-ring (bicyclic) bond motifs is 1. The van der Waals surface area contributed by atoms with Crippen LogP contribution in [0.15, 0.2) is 35.4 Å². The molecule has 0 unspecified atom stereocenters. The van der Waals surface area contributed by atoms with Crippen molar-refractivity contribution >= 4 is 29.1 Å². The summed E-state index contributed by atoms with van der Waals surface area (Å²) in [5, 5.41) is 0.0155. The normalized spacial score (nSPS) is 12.8. The monoisotopic (exact) mass is 361 g/mol. The van der Waals surface area contributed by atoms with Crippen molar-refractivity contribution in [3.8, 4) is 23.0 Å². The van der Waals surface area contributed by atoms with E-state index in [1.54, 1.807) is 24.3 Å². The zero-order valence-corrected chi connectivity index (χ0v) is 14.4. The maximum absolute atomic E-state index is 12.5. The van der Waals surface area contributed by atoms with Gasteiger partial charge in [0.05, 0.1) is 24.9 Å². The van der Waals surface area contributed by atoms with Crippen molar-refractivity contribution in [2.45, 2.75) is 0 Å². The summed E-state index contributed by atoms with van der Waals surface area (Å²) in [6.07, 6.45) is 1.52. The highest BCUT2D eigenvalue weighted by Gasteiger charge is 2.22. The van der Waals surface area contributed by atoms with Gasteiger partial charge in [0.2, 0.25) is 18.3 Å². The van der Waals surface area contributed by atoms with Crippen LogP contribution in [0.3, 0.4) is 0 Å². The average molecular weight is 362 g/mol. The van der Waals surface area contributed by atoms with E-state index >= 15 is 0 Å². The molecule has 2 N–H and O–H groups in total. The number of ketones is 1. The molecule has 0 atom stereocenters. The Morgan fingerprint density at radius 1 is 1.20 bits per heavy atom. The molecule has 1 aliphatic heterocycles. The lowest BCUT2D eigenvalue weighted by molar-refractivity contribution is 0.104. The molecule has 25 heavy (non-hydrogen) atoms. The van der Waals surface area contributed by atoms with Crippen molar-refractivity contribution in [3.05, 3.63) is 46.5 Å². The maximum atomic E-state index is 12.5. The molecule has 0 bridgehead atoms. The van der Waals surface area contributed by atoms with Crippen molar-refractivity contribution in [1.82, 2.24) is 0 Å². The quantitative estimate of drug-likeness (QED) is 0.499. The van der Waals surface area contributed by atoms with Crippen molar-refractivity contribution in [2.24, 2.45) is 0 Å². The SMILES string of the molecule is COc1ccc(C(=O)/C(Cl)=C\c2ccc3c(c2OC)OCO3)cc1N. The van der Waals surface area contributed by atoms with Crippen molar-refractivity contribution < 1.29 is 23.7 Å². The van der Waals surface area contributed by atoms with Crippen LogP contribution in [-0.4, -0.2) is 26.8 Å². The Balaban J connectivity index is 1.94. The molecule has 7 heteroatoms. The molecule has 3 rings (SSSR count). The Hall–Kier alpha value is -2.86. The first kappa shape index (κ1) is 17.0. The van der Waals surface area contributed by atoms with E-state index in [4.69, 9.17) is 36.3 Å². The van der Waals surface area contributed by atoms with Crippen LogP contribution in [0.5, 0.6) is 23.0 Å². The molecule has 2 aromatic rings. The molecule has 6 nitrogen and oxygen atoms in total. The van der Waals surface area contributed by atoms with Crippen molar-refractivity contribution in [2.75, 3.05) is 26.7 Å². The molecule has 1 heterocycles. The molecule has 0 radical (unpaired) electrons. The molecule has 0 fully saturated rings. The Morgan fingerprint density at radius 2 is 2.00 bits per heavy atom. The fourth-order valence-electron chi connectivity index (χ4n) is 2.50. The van der Waals surface area contributed by atoms with Gasteiger partial charge in [0, 0.05) is 11.1 Å². The van der Waals surface area contributed by atoms with E-state index in [0.29, 0.717) is 39.8 Å². The number of hydrogen-bond donors (Lipinski definition) is 1. The molecule has 0 aromatic heterocycles. The maximum Gasteiger partial charge on any atom is 0.231 e. The predicted octanol–water partition coefficient (Wildman–Crippen LogP) is 3.48. The number of methoxy groups -OCH3 is 2. The van der Waals surface area contributed by atoms with Gasteiger partial charge in [0.25, 0.3) is 0 Å². The van der Waals surface area contributed by atoms with Gasteiger partial charge in [-0.1, -0.05) is 11.6 Å². The van der Waals surface area contributed by atoms with E-state index in [9.17, 15) is 4.79 Å². The van der Waals surface area contributed by atoms with Crippen LogP contribution in [0, 0.1) is 0 Å². The highest BCUT2D eigenvalue weighted by Crippen LogP contribution is 2.44. The topological polar surface area (TPSA) is 80.0 Å². The highest BCUT2D eigenvalue weighted by molar-refractivity contribution is 6.47. The Labute approximate surface area is 149 Å². The van der Waals surface area contributed by atoms with Crippen LogP contribution >= 0.6 is 11.6 Å². The summed E-state index contributed by atoms with van der Waals surface area (Å²) >= 11 is 6.22. The fourth-order valence-corrected chi connectivity index (χ4v) is 2.73. The number of allylic oxidation sites excluding steroid dienone is 1. The largest absolute Gasteiger partial charge is 0.495 e. The smallest absolute Gasteiger partial charge is 0.231 e. The van der Waals surface area contributed by atoms with Gasteiger partial charge in [-0.15, -0.1) is 0 Å². The number of nitrogens with two attached hydrogens (primary N) is 1. The summed E-state index contributed by atoms with van der Waals surface area (Å²) in [6.45, 7) is 0.122. The molecule has 0 saturated heterocycles. The molecule has 130 valence electrons. The summed E-state index contributed by atoms with van der Waals surface area (Å²) in [7, 11) is 3.01. The number of hydrogen-bond acceptors (Lipinski definition) is 6. The second-order valence-corrected chi connectivity index (χ2v) is 5.61. The first-order valence-corrected chi connectivity index (χ1v) is 7.75. The minimum atomic E-state index is -0.365. The minimum absolute atomic E-state index is 0.0155. The summed E-state index contributed by atoms with van der Waals surface area (Å²) in [4.78, 5) is 12.5. The number of nitrogen functional groups attached to an aromatic ring is 1. The van der Waals surface area contributed by atoms with Crippen LogP contribution in [0.2, 0.25) is 0 Å². The first-order valence-electron chi connectivity index (χ1n) is 7.37. The van der Waals surface area contributed by atoms with Gasteiger partial charge in [0.1, 0.15) is 5.75 Å². The fraction of sp³-hybridized carbons (Fsp3) is 0.167. The van der Waals surface area contributed by atoms with Gasteiger partial charge in [0.15, 0.2) is 11.5 Å². The number of carbonyl (C=O) groups is 1. The minimum Gasteiger partial charge on any atom is -0.495 e. The van der Waals surface area contributed by atoms with Gasteiger partial charge >= 0.3 is 0 Å². The first-order chi connectivity index (χ1) is 12.0. The number of benzene rings is 2. The Kier molecular flexibility index (Phi) is 4.72. The van der Waals surface area contributed by atoms with Gasteiger partial charge in [-0.3, -0.25) is 4.79 Å². The summed E-state index contributed by atoms with van der Waals surface area (Å²) in [6, 6.07) is 8.22. The molecule has 2 aromatic carbocycles. The number of carbonyl (C=O) groups excluding carboxylic acids is 1. The predicted molar refractivity (Wildman–Crippen MR) is 94.7 cm³/mol. The van der Waals surface area contributed by atoms with Crippen molar-refractivity contribution in [1.29, 1.82) is 0 Å². The van der Waals surface area contributed by atoms with Crippen molar-refractivity contribution in [3.63, 3.8) is 0 Å². The van der Waals surface area contributed by atoms with E-state index in [-0.39, 0.29) is 17.6 Å². The highest BCUT2D eigenvalue weighted by atomic mass is 35.5. The summed E-state index contributed by atoms with van der Waals surface area (Å²) < 4.78 is 21.1. The molecule has 0 spiro atoms. The van der Waals surface area contributed by atoms with Crippen LogP contribution in [0.25, 0.3) is 6.08 Å². The van der Waals surface area contributed by atoms with E-state index < -0.39 is 0 Å². The number of ether oxygens (including phenoxy) is 4. The molecule has 0 saturated carbocycles. The second kappa shape index (κ2) is 6.94. The second-order valence-electron chi connectivity index (χ2n) is 5.20. The number of halogens is 1. The van der Waals surface area contributed by atoms with Crippen LogP contribution in [0.4, 0.5) is 5.69 Å². The third-order valence-electron chi connectivity index (χ3n) is 3.72. The molecular weight excluding hydrogens is 346 g/mol. The number of anilines is 1. The van der Waals surface area contributed by atoms with E-state index in [1.165, 1.54) is 26.4 Å². The third kappa shape index (κ3) is 3.21. The Morgan fingerprint density at radius 3 is 2.68 bits per heavy atom. The standard InChI is InChI=1S/C18H16ClNO5/c1-22-14-5-3-10(8-13(14)20)16(21)12(19)7-11-4-6-15-18(17(11)23-2)25-9-24-15/h3-8H,9,20H2,1-2H3/b12-7+. The molecule has 1 aliphatic rings. The molecular formula is C18H16ClNO5. The summed E-state index contributed by atoms with van der Waals surface area (Å²) in [5.74, 6) is 1.65. The molecule has 0 amide bonds. The average Bonchev–Trinajstić information content (AvgIpc) is 3.09. The molecule has 0 aliphatic carbocycles. The van der Waals surface area contributed by atoms with Crippen LogP contribution < -0.4 is 24.7 Å². The van der Waals surface area contributed by atoms with Gasteiger partial charge < -0.3 is 24.7 Å². The van der Waals surface area contributed by atoms with Gasteiger partial charge in [-0.05, 0) is 36.4 Å². The number of Topliss-reactive ketones (excluding diaryl/α,β-unsaturated/α-hetero) is 1. The zero-order valence-electron chi connectivity index (χ0n) is 13.7.